The Morgan fingerprint density at radius 1 is 1.05 bits per heavy atom. The van der Waals surface area contributed by atoms with Crippen LogP contribution in [0, 0.1) is 5.92 Å². The maximum atomic E-state index is 12.2. The van der Waals surface area contributed by atoms with Gasteiger partial charge >= 0.3 is 0 Å². The fourth-order valence-corrected chi connectivity index (χ4v) is 3.36. The van der Waals surface area contributed by atoms with Crippen molar-refractivity contribution >= 4 is 11.6 Å². The summed E-state index contributed by atoms with van der Waals surface area (Å²) in [5, 5.41) is 2.96. The minimum absolute atomic E-state index is 0.00923. The van der Waals surface area contributed by atoms with E-state index in [0.29, 0.717) is 6.10 Å². The summed E-state index contributed by atoms with van der Waals surface area (Å²) < 4.78 is 5.92. The normalized spacial score (nSPS) is 26.0. The highest BCUT2D eigenvalue weighted by Gasteiger charge is 2.30. The number of nitrogens with one attached hydrogen (secondary N) is 1. The van der Waals surface area contributed by atoms with Crippen LogP contribution in [-0.4, -0.2) is 18.1 Å². The van der Waals surface area contributed by atoms with E-state index in [2.05, 4.69) is 5.32 Å². The first-order chi connectivity index (χ1) is 10.2. The van der Waals surface area contributed by atoms with Gasteiger partial charge in [0.15, 0.2) is 0 Å². The van der Waals surface area contributed by atoms with Gasteiger partial charge in [-0.3, -0.25) is 4.79 Å². The number of carbonyl (C=O) groups excluding carboxylic acids is 1. The number of hydrogen-bond donors (Lipinski definition) is 2. The summed E-state index contributed by atoms with van der Waals surface area (Å²) in [5.74, 6) is 0.890. The van der Waals surface area contributed by atoms with E-state index >= 15 is 0 Å². The number of carbonyl (C=O) groups is 1. The van der Waals surface area contributed by atoms with Gasteiger partial charge in [-0.15, -0.1) is 0 Å². The topological polar surface area (TPSA) is 64.4 Å². The van der Waals surface area contributed by atoms with Crippen molar-refractivity contribution in [1.29, 1.82) is 0 Å². The molecule has 2 aliphatic rings. The summed E-state index contributed by atoms with van der Waals surface area (Å²) in [4.78, 5) is 12.2. The first-order valence-corrected chi connectivity index (χ1v) is 8.05. The maximum absolute atomic E-state index is 12.2. The fraction of sp³-hybridized carbons (Fsp3) is 0.588. The number of ether oxygens (including phenoxy) is 1. The number of anilines is 1. The third-order valence-corrected chi connectivity index (χ3v) is 4.63. The van der Waals surface area contributed by atoms with Gasteiger partial charge in [0.25, 0.3) is 0 Å². The summed E-state index contributed by atoms with van der Waals surface area (Å²) >= 11 is 0. The highest BCUT2D eigenvalue weighted by molar-refractivity contribution is 5.93. The Morgan fingerprint density at radius 3 is 2.38 bits per heavy atom. The van der Waals surface area contributed by atoms with Crippen LogP contribution in [0.4, 0.5) is 5.69 Å². The largest absolute Gasteiger partial charge is 0.490 e. The van der Waals surface area contributed by atoms with E-state index in [1.165, 1.54) is 12.8 Å². The van der Waals surface area contributed by atoms with Gasteiger partial charge in [0.2, 0.25) is 5.91 Å². The molecule has 2 unspecified atom stereocenters. The van der Waals surface area contributed by atoms with E-state index < -0.39 is 0 Å². The van der Waals surface area contributed by atoms with Gasteiger partial charge in [0.05, 0.1) is 12.0 Å². The van der Waals surface area contributed by atoms with Gasteiger partial charge in [-0.05, 0) is 62.8 Å². The molecule has 2 atom stereocenters. The quantitative estimate of drug-likeness (QED) is 0.895. The molecule has 0 heterocycles. The van der Waals surface area contributed by atoms with Gasteiger partial charge in [-0.1, -0.05) is 6.42 Å². The van der Waals surface area contributed by atoms with Crippen molar-refractivity contribution in [3.63, 3.8) is 0 Å². The number of rotatable bonds is 4. The SMILES string of the molecule is NC1CCCC1C(=O)Nc1ccc(OC2CCCC2)cc1. The Morgan fingerprint density at radius 2 is 1.76 bits per heavy atom. The van der Waals surface area contributed by atoms with Gasteiger partial charge < -0.3 is 15.8 Å². The van der Waals surface area contributed by atoms with Gasteiger partial charge in [0.1, 0.15) is 5.75 Å². The third kappa shape index (κ3) is 3.56. The highest BCUT2D eigenvalue weighted by Crippen LogP contribution is 2.27. The van der Waals surface area contributed by atoms with Gasteiger partial charge in [-0.2, -0.15) is 0 Å². The molecular formula is C17H24N2O2. The van der Waals surface area contributed by atoms with E-state index in [1.54, 1.807) is 0 Å². The average molecular weight is 288 g/mol. The molecule has 1 amide bonds. The average Bonchev–Trinajstić information content (AvgIpc) is 3.12. The van der Waals surface area contributed by atoms with Crippen LogP contribution >= 0.6 is 0 Å². The standard InChI is InChI=1S/C17H24N2O2/c18-16-7-3-6-15(16)17(20)19-12-8-10-14(11-9-12)21-13-4-1-2-5-13/h8-11,13,15-16H,1-7,18H2,(H,19,20). The van der Waals surface area contributed by atoms with Crippen LogP contribution < -0.4 is 15.8 Å². The molecule has 4 heteroatoms. The van der Waals surface area contributed by atoms with Gasteiger partial charge in [0, 0.05) is 11.7 Å². The Kier molecular flexibility index (Phi) is 4.44. The van der Waals surface area contributed by atoms with E-state index in [1.807, 2.05) is 24.3 Å². The van der Waals surface area contributed by atoms with E-state index in [0.717, 1.165) is 43.5 Å². The van der Waals surface area contributed by atoms with E-state index in [-0.39, 0.29) is 17.9 Å². The summed E-state index contributed by atoms with van der Waals surface area (Å²) in [7, 11) is 0. The molecule has 3 rings (SSSR count). The zero-order chi connectivity index (χ0) is 14.7. The summed E-state index contributed by atoms with van der Waals surface area (Å²) in [5.41, 5.74) is 6.79. The molecule has 0 radical (unpaired) electrons. The monoisotopic (exact) mass is 288 g/mol. The summed E-state index contributed by atoms with van der Waals surface area (Å²) in [6, 6.07) is 7.69. The first kappa shape index (κ1) is 14.4. The molecule has 114 valence electrons. The molecule has 0 aromatic heterocycles. The summed E-state index contributed by atoms with van der Waals surface area (Å²) in [6.45, 7) is 0. The zero-order valence-corrected chi connectivity index (χ0v) is 12.4. The predicted octanol–water partition coefficient (Wildman–Crippen LogP) is 3.07. The van der Waals surface area contributed by atoms with Crippen LogP contribution in [0.15, 0.2) is 24.3 Å². The highest BCUT2D eigenvalue weighted by atomic mass is 16.5. The van der Waals surface area contributed by atoms with Crippen molar-refractivity contribution in [1.82, 2.24) is 0 Å². The predicted molar refractivity (Wildman–Crippen MR) is 83.3 cm³/mol. The van der Waals surface area contributed by atoms with Crippen molar-refractivity contribution in [3.05, 3.63) is 24.3 Å². The molecule has 2 fully saturated rings. The number of amides is 1. The molecule has 0 aliphatic heterocycles. The lowest BCUT2D eigenvalue weighted by molar-refractivity contribution is -0.120. The van der Waals surface area contributed by atoms with Crippen molar-refractivity contribution in [3.8, 4) is 5.75 Å². The molecule has 1 aromatic rings. The lowest BCUT2D eigenvalue weighted by atomic mass is 10.0. The molecular weight excluding hydrogens is 264 g/mol. The Balaban J connectivity index is 1.55. The van der Waals surface area contributed by atoms with Crippen LogP contribution in [0.5, 0.6) is 5.75 Å². The van der Waals surface area contributed by atoms with Crippen LogP contribution in [0.2, 0.25) is 0 Å². The fourth-order valence-electron chi connectivity index (χ4n) is 3.36. The minimum atomic E-state index is -0.0422. The van der Waals surface area contributed by atoms with E-state index in [9.17, 15) is 4.79 Å². The van der Waals surface area contributed by atoms with Crippen molar-refractivity contribution in [2.75, 3.05) is 5.32 Å². The Labute approximate surface area is 126 Å². The second-order valence-corrected chi connectivity index (χ2v) is 6.24. The lowest BCUT2D eigenvalue weighted by Crippen LogP contribution is -2.34. The van der Waals surface area contributed by atoms with Crippen LogP contribution in [0.1, 0.15) is 44.9 Å². The molecule has 2 saturated carbocycles. The molecule has 1 aromatic carbocycles. The van der Waals surface area contributed by atoms with Crippen molar-refractivity contribution in [2.45, 2.75) is 57.1 Å². The smallest absolute Gasteiger partial charge is 0.229 e. The second-order valence-electron chi connectivity index (χ2n) is 6.24. The van der Waals surface area contributed by atoms with Crippen molar-refractivity contribution in [2.24, 2.45) is 11.7 Å². The molecule has 3 N–H and O–H groups in total. The number of benzene rings is 1. The first-order valence-electron chi connectivity index (χ1n) is 8.05. The molecule has 4 nitrogen and oxygen atoms in total. The van der Waals surface area contributed by atoms with Crippen molar-refractivity contribution < 1.29 is 9.53 Å². The maximum Gasteiger partial charge on any atom is 0.229 e. The van der Waals surface area contributed by atoms with E-state index in [4.69, 9.17) is 10.5 Å². The number of nitrogens with two attached hydrogens (primary N) is 1. The molecule has 0 saturated heterocycles. The van der Waals surface area contributed by atoms with Gasteiger partial charge in [-0.25, -0.2) is 0 Å². The second kappa shape index (κ2) is 6.48. The molecule has 0 spiro atoms. The molecule has 2 aliphatic carbocycles. The summed E-state index contributed by atoms with van der Waals surface area (Å²) in [6.07, 6.45) is 8.09. The zero-order valence-electron chi connectivity index (χ0n) is 12.4. The molecule has 21 heavy (non-hydrogen) atoms. The van der Waals surface area contributed by atoms with Crippen LogP contribution in [0.3, 0.4) is 0 Å². The lowest BCUT2D eigenvalue weighted by Gasteiger charge is -2.16. The van der Waals surface area contributed by atoms with Crippen LogP contribution in [0.25, 0.3) is 0 Å². The van der Waals surface area contributed by atoms with Crippen LogP contribution in [-0.2, 0) is 4.79 Å². The third-order valence-electron chi connectivity index (χ3n) is 4.63. The minimum Gasteiger partial charge on any atom is -0.490 e. The Hall–Kier alpha value is -1.55. The number of hydrogen-bond acceptors (Lipinski definition) is 3. The Bertz CT molecular complexity index is 480. The molecule has 0 bridgehead atoms.